The predicted molar refractivity (Wildman–Crippen MR) is 74.8 cm³/mol. The van der Waals surface area contributed by atoms with Crippen LogP contribution in [0.25, 0.3) is 0 Å². The minimum Gasteiger partial charge on any atom is -0.481 e. The van der Waals surface area contributed by atoms with Crippen molar-refractivity contribution in [2.75, 3.05) is 19.8 Å². The highest BCUT2D eigenvalue weighted by molar-refractivity contribution is 5.87. The topological polar surface area (TPSA) is 108 Å². The first-order valence-corrected chi connectivity index (χ1v) is 6.98. The predicted octanol–water partition coefficient (Wildman–Crippen LogP) is -0.215. The van der Waals surface area contributed by atoms with Crippen LogP contribution in [0.5, 0.6) is 0 Å². The number of carbonyl (C=O) groups excluding carboxylic acids is 2. The van der Waals surface area contributed by atoms with Crippen molar-refractivity contribution >= 4 is 17.9 Å². The van der Waals surface area contributed by atoms with Gasteiger partial charge in [0.15, 0.2) is 0 Å². The number of ether oxygens (including phenoxy) is 1. The Bertz CT molecular complexity index is 399. The van der Waals surface area contributed by atoms with Crippen LogP contribution >= 0.6 is 0 Å². The SMILES string of the molecule is CC(C)NC(=O)C(C)NC(=O)N1CCOCC1CC(=O)O. The largest absolute Gasteiger partial charge is 0.481 e. The fourth-order valence-electron chi connectivity index (χ4n) is 2.04. The molecule has 3 N–H and O–H groups in total. The minimum atomic E-state index is -0.992. The third-order valence-corrected chi connectivity index (χ3v) is 3.06. The summed E-state index contributed by atoms with van der Waals surface area (Å²) in [4.78, 5) is 36.2. The van der Waals surface area contributed by atoms with Crippen molar-refractivity contribution in [2.45, 2.75) is 45.3 Å². The highest BCUT2D eigenvalue weighted by atomic mass is 16.5. The van der Waals surface area contributed by atoms with E-state index in [1.54, 1.807) is 6.92 Å². The smallest absolute Gasteiger partial charge is 0.318 e. The molecule has 2 atom stereocenters. The molecule has 0 bridgehead atoms. The van der Waals surface area contributed by atoms with Crippen LogP contribution in [0.1, 0.15) is 27.2 Å². The maximum Gasteiger partial charge on any atom is 0.318 e. The molecule has 1 fully saturated rings. The molecule has 0 aromatic carbocycles. The Morgan fingerprint density at radius 2 is 1.95 bits per heavy atom. The molecule has 0 spiro atoms. The lowest BCUT2D eigenvalue weighted by molar-refractivity contribution is -0.139. The van der Waals surface area contributed by atoms with Gasteiger partial charge in [0.05, 0.1) is 25.7 Å². The zero-order valence-corrected chi connectivity index (χ0v) is 12.6. The summed E-state index contributed by atoms with van der Waals surface area (Å²) in [6.07, 6.45) is -0.181. The number of carbonyl (C=O) groups is 3. The van der Waals surface area contributed by atoms with Gasteiger partial charge in [0.1, 0.15) is 6.04 Å². The fraction of sp³-hybridized carbons (Fsp3) is 0.769. The number of nitrogens with zero attached hydrogens (tertiary/aromatic N) is 1. The molecule has 8 heteroatoms. The maximum absolute atomic E-state index is 12.2. The summed E-state index contributed by atoms with van der Waals surface area (Å²) in [5, 5.41) is 14.1. The molecule has 3 amide bonds. The summed E-state index contributed by atoms with van der Waals surface area (Å²) in [5.41, 5.74) is 0. The van der Waals surface area contributed by atoms with Crippen molar-refractivity contribution in [3.63, 3.8) is 0 Å². The zero-order valence-electron chi connectivity index (χ0n) is 12.6. The summed E-state index contributed by atoms with van der Waals surface area (Å²) in [7, 11) is 0. The van der Waals surface area contributed by atoms with Crippen molar-refractivity contribution in [3.8, 4) is 0 Å². The van der Waals surface area contributed by atoms with Crippen LogP contribution in [0, 0.1) is 0 Å². The van der Waals surface area contributed by atoms with E-state index in [1.807, 2.05) is 13.8 Å². The Balaban J connectivity index is 2.59. The third-order valence-electron chi connectivity index (χ3n) is 3.06. The normalized spacial score (nSPS) is 20.0. The van der Waals surface area contributed by atoms with Gasteiger partial charge in [-0.15, -0.1) is 0 Å². The van der Waals surface area contributed by atoms with E-state index < -0.39 is 24.1 Å². The maximum atomic E-state index is 12.2. The van der Waals surface area contributed by atoms with Crippen LogP contribution in [-0.4, -0.2) is 65.8 Å². The molecule has 0 aromatic rings. The molecule has 8 nitrogen and oxygen atoms in total. The number of amides is 3. The molecular formula is C13H23N3O5. The van der Waals surface area contributed by atoms with Crippen LogP contribution in [0.3, 0.4) is 0 Å². The second-order valence-corrected chi connectivity index (χ2v) is 5.35. The molecular weight excluding hydrogens is 278 g/mol. The average Bonchev–Trinajstić information content (AvgIpc) is 2.37. The van der Waals surface area contributed by atoms with E-state index in [-0.39, 0.29) is 25.0 Å². The lowest BCUT2D eigenvalue weighted by atomic mass is 10.1. The molecule has 0 aromatic heterocycles. The van der Waals surface area contributed by atoms with Gasteiger partial charge in [-0.2, -0.15) is 0 Å². The summed E-state index contributed by atoms with van der Waals surface area (Å²) >= 11 is 0. The lowest BCUT2D eigenvalue weighted by Crippen LogP contribution is -2.56. The number of rotatable bonds is 5. The van der Waals surface area contributed by atoms with Gasteiger partial charge in [0.2, 0.25) is 5.91 Å². The van der Waals surface area contributed by atoms with Crippen molar-refractivity contribution in [1.82, 2.24) is 15.5 Å². The van der Waals surface area contributed by atoms with Gasteiger partial charge in [0.25, 0.3) is 0 Å². The Hall–Kier alpha value is -1.83. The van der Waals surface area contributed by atoms with Gasteiger partial charge in [-0.05, 0) is 20.8 Å². The van der Waals surface area contributed by atoms with Crippen molar-refractivity contribution in [2.24, 2.45) is 0 Å². The average molecular weight is 301 g/mol. The van der Waals surface area contributed by atoms with Crippen LogP contribution in [0.2, 0.25) is 0 Å². The quantitative estimate of drug-likeness (QED) is 0.651. The fourth-order valence-corrected chi connectivity index (χ4v) is 2.04. The Morgan fingerprint density at radius 1 is 1.29 bits per heavy atom. The number of nitrogens with one attached hydrogen (secondary N) is 2. The zero-order chi connectivity index (χ0) is 16.0. The van der Waals surface area contributed by atoms with Gasteiger partial charge >= 0.3 is 12.0 Å². The van der Waals surface area contributed by atoms with Crippen LogP contribution in [0.15, 0.2) is 0 Å². The minimum absolute atomic E-state index is 0.0139. The highest BCUT2D eigenvalue weighted by Crippen LogP contribution is 2.11. The summed E-state index contributed by atoms with van der Waals surface area (Å²) < 4.78 is 5.20. The molecule has 21 heavy (non-hydrogen) atoms. The van der Waals surface area contributed by atoms with Gasteiger partial charge in [-0.1, -0.05) is 0 Å². The van der Waals surface area contributed by atoms with E-state index in [1.165, 1.54) is 4.90 Å². The number of aliphatic carboxylic acids is 1. The Labute approximate surface area is 123 Å². The van der Waals surface area contributed by atoms with Crippen molar-refractivity contribution in [3.05, 3.63) is 0 Å². The molecule has 1 aliphatic heterocycles. The van der Waals surface area contributed by atoms with E-state index >= 15 is 0 Å². The highest BCUT2D eigenvalue weighted by Gasteiger charge is 2.30. The second-order valence-electron chi connectivity index (χ2n) is 5.35. The first-order chi connectivity index (χ1) is 9.81. The van der Waals surface area contributed by atoms with E-state index in [9.17, 15) is 14.4 Å². The van der Waals surface area contributed by atoms with E-state index in [0.29, 0.717) is 13.2 Å². The molecule has 1 aliphatic rings. The van der Waals surface area contributed by atoms with E-state index in [4.69, 9.17) is 9.84 Å². The van der Waals surface area contributed by atoms with Gasteiger partial charge < -0.3 is 25.4 Å². The standard InChI is InChI=1S/C13H23N3O5/c1-8(2)14-12(19)9(3)15-13(20)16-4-5-21-7-10(16)6-11(17)18/h8-10H,4-7H2,1-3H3,(H,14,19)(H,15,20)(H,17,18). The summed E-state index contributed by atoms with van der Waals surface area (Å²) in [6.45, 7) is 6.10. The number of hydrogen-bond acceptors (Lipinski definition) is 4. The number of urea groups is 1. The second kappa shape index (κ2) is 7.82. The number of carboxylic acids is 1. The van der Waals surface area contributed by atoms with Crippen LogP contribution < -0.4 is 10.6 Å². The van der Waals surface area contributed by atoms with Gasteiger partial charge in [-0.25, -0.2) is 4.79 Å². The number of hydrogen-bond donors (Lipinski definition) is 3. The Morgan fingerprint density at radius 3 is 2.52 bits per heavy atom. The van der Waals surface area contributed by atoms with Gasteiger partial charge in [0, 0.05) is 12.6 Å². The molecule has 1 heterocycles. The molecule has 0 saturated carbocycles. The number of carboxylic acid groups (broad SMARTS) is 1. The van der Waals surface area contributed by atoms with Crippen LogP contribution in [0.4, 0.5) is 4.79 Å². The molecule has 1 saturated heterocycles. The van der Waals surface area contributed by atoms with Crippen molar-refractivity contribution in [1.29, 1.82) is 0 Å². The van der Waals surface area contributed by atoms with Gasteiger partial charge in [-0.3, -0.25) is 9.59 Å². The molecule has 0 aliphatic carbocycles. The Kier molecular flexibility index (Phi) is 6.41. The van der Waals surface area contributed by atoms with Crippen molar-refractivity contribution < 1.29 is 24.2 Å². The van der Waals surface area contributed by atoms with E-state index in [2.05, 4.69) is 10.6 Å². The lowest BCUT2D eigenvalue weighted by Gasteiger charge is -2.35. The third kappa shape index (κ3) is 5.58. The molecule has 0 radical (unpaired) electrons. The summed E-state index contributed by atoms with van der Waals surface area (Å²) in [5.74, 6) is -1.27. The summed E-state index contributed by atoms with van der Waals surface area (Å²) in [6, 6.07) is -1.67. The molecule has 2 unspecified atom stereocenters. The number of morpholine rings is 1. The first kappa shape index (κ1) is 17.2. The first-order valence-electron chi connectivity index (χ1n) is 6.98. The molecule has 1 rings (SSSR count). The van der Waals surface area contributed by atoms with Crippen LogP contribution in [-0.2, 0) is 14.3 Å². The molecule has 120 valence electrons. The monoisotopic (exact) mass is 301 g/mol. The van der Waals surface area contributed by atoms with E-state index in [0.717, 1.165) is 0 Å².